The highest BCUT2D eigenvalue weighted by atomic mass is 15.3. The minimum atomic E-state index is 0.316. The number of nitrogens with zero attached hydrogens (tertiary/aromatic N) is 1. The highest BCUT2D eigenvalue weighted by molar-refractivity contribution is 5.02. The highest BCUT2D eigenvalue weighted by Gasteiger charge is 2.42. The van der Waals surface area contributed by atoms with Crippen LogP contribution in [-0.4, -0.2) is 35.6 Å². The summed E-state index contributed by atoms with van der Waals surface area (Å²) in [5, 5.41) is 3.84. The van der Waals surface area contributed by atoms with Gasteiger partial charge in [0, 0.05) is 24.2 Å². The van der Waals surface area contributed by atoms with Gasteiger partial charge in [-0.3, -0.25) is 4.90 Å². The summed E-state index contributed by atoms with van der Waals surface area (Å²) >= 11 is 0. The van der Waals surface area contributed by atoms with Crippen LogP contribution in [0.4, 0.5) is 0 Å². The predicted octanol–water partition coefficient (Wildman–Crippen LogP) is 4.98. The van der Waals surface area contributed by atoms with Crippen LogP contribution in [0.3, 0.4) is 0 Å². The molecule has 1 heterocycles. The highest BCUT2D eigenvalue weighted by Crippen LogP contribution is 2.31. The first-order valence-corrected chi connectivity index (χ1v) is 9.56. The SMILES string of the molecule is CCCCCCCCN1CC(C)(CC)NCC1(CC)CC. The molecular weight excluding hydrogens is 256 g/mol. The average molecular weight is 297 g/mol. The van der Waals surface area contributed by atoms with Crippen molar-refractivity contribution in [3.05, 3.63) is 0 Å². The second-order valence-electron chi connectivity index (χ2n) is 7.39. The second-order valence-corrected chi connectivity index (χ2v) is 7.39. The van der Waals surface area contributed by atoms with Crippen LogP contribution in [0, 0.1) is 0 Å². The molecule has 0 bridgehead atoms. The normalized spacial score (nSPS) is 26.1. The lowest BCUT2D eigenvalue weighted by atomic mass is 9.82. The summed E-state index contributed by atoms with van der Waals surface area (Å²) in [5.41, 5.74) is 0.716. The fourth-order valence-electron chi connectivity index (χ4n) is 3.72. The van der Waals surface area contributed by atoms with Gasteiger partial charge in [-0.25, -0.2) is 0 Å². The molecule has 0 aliphatic carbocycles. The molecule has 0 radical (unpaired) electrons. The van der Waals surface area contributed by atoms with Gasteiger partial charge in [-0.15, -0.1) is 0 Å². The Morgan fingerprint density at radius 3 is 2.05 bits per heavy atom. The van der Waals surface area contributed by atoms with E-state index in [-0.39, 0.29) is 0 Å². The van der Waals surface area contributed by atoms with Crippen LogP contribution >= 0.6 is 0 Å². The van der Waals surface area contributed by atoms with Gasteiger partial charge in [-0.1, -0.05) is 59.8 Å². The first kappa shape index (κ1) is 19.0. The van der Waals surface area contributed by atoms with Crippen molar-refractivity contribution in [1.29, 1.82) is 0 Å². The molecule has 21 heavy (non-hydrogen) atoms. The molecule has 0 aromatic rings. The standard InChI is InChI=1S/C19H40N2/c1-6-10-11-12-13-14-15-21-17-18(5,7-2)20-16-19(21,8-3)9-4/h20H,6-17H2,1-5H3. The minimum Gasteiger partial charge on any atom is -0.308 e. The van der Waals surface area contributed by atoms with E-state index in [0.29, 0.717) is 11.1 Å². The van der Waals surface area contributed by atoms with Crippen LogP contribution in [0.25, 0.3) is 0 Å². The molecule has 2 heteroatoms. The quantitative estimate of drug-likeness (QED) is 0.572. The molecule has 0 saturated carbocycles. The molecule has 2 nitrogen and oxygen atoms in total. The van der Waals surface area contributed by atoms with E-state index in [9.17, 15) is 0 Å². The van der Waals surface area contributed by atoms with Crippen LogP contribution < -0.4 is 5.32 Å². The third-order valence-electron chi connectivity index (χ3n) is 5.93. The zero-order valence-electron chi connectivity index (χ0n) is 15.4. The average Bonchev–Trinajstić information content (AvgIpc) is 2.51. The maximum Gasteiger partial charge on any atom is 0.0329 e. The molecule has 1 unspecified atom stereocenters. The molecule has 0 amide bonds. The van der Waals surface area contributed by atoms with E-state index in [0.717, 1.165) is 0 Å². The van der Waals surface area contributed by atoms with E-state index >= 15 is 0 Å². The van der Waals surface area contributed by atoms with Crippen molar-refractivity contribution in [2.45, 2.75) is 103 Å². The van der Waals surface area contributed by atoms with Crippen LogP contribution in [0.15, 0.2) is 0 Å². The molecule has 1 aliphatic heterocycles. The van der Waals surface area contributed by atoms with E-state index in [1.807, 2.05) is 0 Å². The van der Waals surface area contributed by atoms with Crippen molar-refractivity contribution in [3.8, 4) is 0 Å². The van der Waals surface area contributed by atoms with Crippen LogP contribution in [0.5, 0.6) is 0 Å². The van der Waals surface area contributed by atoms with Crippen molar-refractivity contribution in [2.24, 2.45) is 0 Å². The Kier molecular flexibility index (Phi) is 8.26. The van der Waals surface area contributed by atoms with Crippen molar-refractivity contribution in [2.75, 3.05) is 19.6 Å². The summed E-state index contributed by atoms with van der Waals surface area (Å²) < 4.78 is 0. The van der Waals surface area contributed by atoms with E-state index in [1.54, 1.807) is 0 Å². The zero-order valence-corrected chi connectivity index (χ0v) is 15.4. The lowest BCUT2D eigenvalue weighted by Gasteiger charge is -2.53. The van der Waals surface area contributed by atoms with Gasteiger partial charge >= 0.3 is 0 Å². The number of hydrogen-bond acceptors (Lipinski definition) is 2. The smallest absolute Gasteiger partial charge is 0.0329 e. The van der Waals surface area contributed by atoms with E-state index in [2.05, 4.69) is 44.8 Å². The lowest BCUT2D eigenvalue weighted by molar-refractivity contribution is 0.00126. The van der Waals surface area contributed by atoms with Crippen molar-refractivity contribution < 1.29 is 0 Å². The number of unbranched alkanes of at least 4 members (excludes halogenated alkanes) is 5. The van der Waals surface area contributed by atoms with Gasteiger partial charge in [-0.2, -0.15) is 0 Å². The second kappa shape index (κ2) is 9.15. The van der Waals surface area contributed by atoms with Gasteiger partial charge in [0.25, 0.3) is 0 Å². The summed E-state index contributed by atoms with van der Waals surface area (Å²) in [6.07, 6.45) is 12.2. The first-order chi connectivity index (χ1) is 10.1. The summed E-state index contributed by atoms with van der Waals surface area (Å²) in [4.78, 5) is 2.83. The zero-order chi connectivity index (χ0) is 15.8. The number of hydrogen-bond donors (Lipinski definition) is 1. The Balaban J connectivity index is 2.51. The molecular formula is C19H40N2. The maximum atomic E-state index is 3.84. The molecule has 1 atom stereocenters. The van der Waals surface area contributed by atoms with Gasteiger partial charge in [0.15, 0.2) is 0 Å². The summed E-state index contributed by atoms with van der Waals surface area (Å²) in [5.74, 6) is 0. The van der Waals surface area contributed by atoms with Gasteiger partial charge < -0.3 is 5.32 Å². The third kappa shape index (κ3) is 5.25. The van der Waals surface area contributed by atoms with Crippen LogP contribution in [-0.2, 0) is 0 Å². The molecule has 1 saturated heterocycles. The molecule has 1 fully saturated rings. The molecule has 0 spiro atoms. The Bertz CT molecular complexity index is 273. The lowest BCUT2D eigenvalue weighted by Crippen LogP contribution is -2.68. The van der Waals surface area contributed by atoms with Gasteiger partial charge in [0.2, 0.25) is 0 Å². The van der Waals surface area contributed by atoms with Gasteiger partial charge in [0.05, 0.1) is 0 Å². The predicted molar refractivity (Wildman–Crippen MR) is 95.0 cm³/mol. The Morgan fingerprint density at radius 2 is 1.48 bits per heavy atom. The van der Waals surface area contributed by atoms with Crippen LogP contribution in [0.2, 0.25) is 0 Å². The molecule has 1 aliphatic rings. The number of piperazine rings is 1. The summed E-state index contributed by atoms with van der Waals surface area (Å²) in [6.45, 7) is 15.4. The monoisotopic (exact) mass is 296 g/mol. The Hall–Kier alpha value is -0.0800. The maximum absolute atomic E-state index is 3.84. The first-order valence-electron chi connectivity index (χ1n) is 9.56. The third-order valence-corrected chi connectivity index (χ3v) is 5.93. The summed E-state index contributed by atoms with van der Waals surface area (Å²) in [7, 11) is 0. The van der Waals surface area contributed by atoms with Crippen molar-refractivity contribution >= 4 is 0 Å². The summed E-state index contributed by atoms with van der Waals surface area (Å²) in [6, 6.07) is 0. The number of nitrogens with one attached hydrogen (secondary N) is 1. The fraction of sp³-hybridized carbons (Fsp3) is 1.00. The van der Waals surface area contributed by atoms with Crippen LogP contribution in [0.1, 0.15) is 92.4 Å². The van der Waals surface area contributed by atoms with E-state index in [1.165, 1.54) is 77.4 Å². The Morgan fingerprint density at radius 1 is 0.857 bits per heavy atom. The van der Waals surface area contributed by atoms with Gasteiger partial charge in [0.1, 0.15) is 0 Å². The molecule has 0 aromatic carbocycles. The largest absolute Gasteiger partial charge is 0.308 e. The molecule has 0 aromatic heterocycles. The number of rotatable bonds is 10. The van der Waals surface area contributed by atoms with E-state index in [4.69, 9.17) is 0 Å². The Labute approximate surface area is 134 Å². The molecule has 1 N–H and O–H groups in total. The van der Waals surface area contributed by atoms with Crippen molar-refractivity contribution in [3.63, 3.8) is 0 Å². The van der Waals surface area contributed by atoms with Crippen molar-refractivity contribution in [1.82, 2.24) is 10.2 Å². The van der Waals surface area contributed by atoms with Gasteiger partial charge in [-0.05, 0) is 39.2 Å². The molecule has 1 rings (SSSR count). The molecule has 126 valence electrons. The topological polar surface area (TPSA) is 15.3 Å². The minimum absolute atomic E-state index is 0.316. The fourth-order valence-corrected chi connectivity index (χ4v) is 3.72. The van der Waals surface area contributed by atoms with E-state index < -0.39 is 0 Å².